The van der Waals surface area contributed by atoms with E-state index in [1.165, 1.54) is 0 Å². The van der Waals surface area contributed by atoms with Crippen LogP contribution >= 0.6 is 0 Å². The summed E-state index contributed by atoms with van der Waals surface area (Å²) in [5.41, 5.74) is 0. The topological polar surface area (TPSA) is 110 Å². The van der Waals surface area contributed by atoms with Crippen molar-refractivity contribution >= 4 is 5.97 Å². The zero-order chi connectivity index (χ0) is 13.5. The first-order valence-corrected chi connectivity index (χ1v) is 6.08. The first-order valence-electron chi connectivity index (χ1n) is 6.08. The summed E-state index contributed by atoms with van der Waals surface area (Å²) in [5, 5.41) is 38.6. The minimum atomic E-state index is -1.91. The van der Waals surface area contributed by atoms with Gasteiger partial charge in [-0.05, 0) is 26.3 Å². The summed E-state index contributed by atoms with van der Waals surface area (Å²) in [6, 6.07) is -0.669. The predicted molar refractivity (Wildman–Crippen MR) is 59.7 cm³/mol. The van der Waals surface area contributed by atoms with Crippen LogP contribution in [0.3, 0.4) is 0 Å². The fourth-order valence-corrected chi connectivity index (χ4v) is 2.70. The molecule has 0 aromatic heterocycles. The van der Waals surface area contributed by atoms with Gasteiger partial charge in [0.1, 0.15) is 18.2 Å². The highest BCUT2D eigenvalue weighted by Crippen LogP contribution is 2.31. The molecule has 7 heteroatoms. The molecule has 0 aliphatic carbocycles. The van der Waals surface area contributed by atoms with Gasteiger partial charge in [-0.25, -0.2) is 0 Å². The molecule has 4 N–H and O–H groups in total. The van der Waals surface area contributed by atoms with Crippen molar-refractivity contribution in [2.24, 2.45) is 0 Å². The first-order chi connectivity index (χ1) is 8.35. The molecule has 5 atom stereocenters. The largest absolute Gasteiger partial charge is 0.480 e. The smallest absolute Gasteiger partial charge is 0.320 e. The van der Waals surface area contributed by atoms with Gasteiger partial charge in [-0.15, -0.1) is 0 Å². The van der Waals surface area contributed by atoms with Gasteiger partial charge < -0.3 is 25.2 Å². The van der Waals surface area contributed by atoms with Gasteiger partial charge in [-0.1, -0.05) is 0 Å². The fraction of sp³-hybridized carbons (Fsp3) is 0.909. The molecular formula is C11H19NO6. The van der Waals surface area contributed by atoms with Crippen LogP contribution in [-0.2, 0) is 9.53 Å². The van der Waals surface area contributed by atoms with Crippen LogP contribution < -0.4 is 0 Å². The number of carboxylic acid groups (broad SMARTS) is 1. The number of nitrogens with zero attached hydrogens (tertiary/aromatic N) is 1. The molecule has 18 heavy (non-hydrogen) atoms. The molecule has 0 unspecified atom stereocenters. The molecule has 2 saturated heterocycles. The van der Waals surface area contributed by atoms with Gasteiger partial charge in [0.15, 0.2) is 0 Å². The summed E-state index contributed by atoms with van der Waals surface area (Å²) in [6.45, 7) is 1.96. The summed E-state index contributed by atoms with van der Waals surface area (Å²) in [6.07, 6.45) is -2.04. The summed E-state index contributed by atoms with van der Waals surface area (Å²) < 4.78 is 5.18. The SMILES string of the molecule is C[C@@H]1O[C@](O)(CN2CCC[C@H]2C(=O)O)[C@H](O)[C@H]1O. The number of likely N-dealkylation sites (tertiary alicyclic amines) is 1. The summed E-state index contributed by atoms with van der Waals surface area (Å²) in [5.74, 6) is -2.85. The third-order valence-corrected chi connectivity index (χ3v) is 3.73. The Morgan fingerprint density at radius 2 is 2.17 bits per heavy atom. The second-order valence-electron chi connectivity index (χ2n) is 5.07. The van der Waals surface area contributed by atoms with Crippen LogP contribution in [0.1, 0.15) is 19.8 Å². The number of hydrogen-bond donors (Lipinski definition) is 4. The van der Waals surface area contributed by atoms with E-state index in [1.54, 1.807) is 11.8 Å². The molecule has 0 amide bonds. The normalized spacial score (nSPS) is 45.6. The molecule has 2 heterocycles. The van der Waals surface area contributed by atoms with E-state index in [0.29, 0.717) is 13.0 Å². The Morgan fingerprint density at radius 1 is 1.50 bits per heavy atom. The summed E-state index contributed by atoms with van der Waals surface area (Å²) in [7, 11) is 0. The Balaban J connectivity index is 2.07. The van der Waals surface area contributed by atoms with Crippen LogP contribution in [-0.4, -0.2) is 74.5 Å². The fourth-order valence-electron chi connectivity index (χ4n) is 2.70. The van der Waals surface area contributed by atoms with Crippen LogP contribution in [0.15, 0.2) is 0 Å². The molecule has 2 fully saturated rings. The van der Waals surface area contributed by atoms with Crippen molar-refractivity contribution in [3.8, 4) is 0 Å². The maximum absolute atomic E-state index is 11.0. The monoisotopic (exact) mass is 261 g/mol. The van der Waals surface area contributed by atoms with Crippen LogP contribution in [0.25, 0.3) is 0 Å². The minimum Gasteiger partial charge on any atom is -0.480 e. The second-order valence-corrected chi connectivity index (χ2v) is 5.07. The lowest BCUT2D eigenvalue weighted by molar-refractivity contribution is -0.235. The Hall–Kier alpha value is -0.730. The van der Waals surface area contributed by atoms with E-state index in [9.17, 15) is 20.1 Å². The molecule has 2 aliphatic rings. The van der Waals surface area contributed by atoms with Crippen LogP contribution in [0.4, 0.5) is 0 Å². The first kappa shape index (κ1) is 13.7. The highest BCUT2D eigenvalue weighted by molar-refractivity contribution is 5.73. The number of carboxylic acids is 1. The van der Waals surface area contributed by atoms with Crippen LogP contribution in [0.2, 0.25) is 0 Å². The Kier molecular flexibility index (Phi) is 3.61. The van der Waals surface area contributed by atoms with Crippen molar-refractivity contribution in [1.82, 2.24) is 4.90 Å². The van der Waals surface area contributed by atoms with Crippen molar-refractivity contribution in [1.29, 1.82) is 0 Å². The molecule has 2 aliphatic heterocycles. The van der Waals surface area contributed by atoms with E-state index < -0.39 is 36.1 Å². The van der Waals surface area contributed by atoms with Gasteiger partial charge in [0.05, 0.1) is 12.6 Å². The molecule has 7 nitrogen and oxygen atoms in total. The lowest BCUT2D eigenvalue weighted by Crippen LogP contribution is -2.53. The van der Waals surface area contributed by atoms with E-state index in [-0.39, 0.29) is 6.54 Å². The Labute approximate surface area is 105 Å². The lowest BCUT2D eigenvalue weighted by atomic mass is 10.0. The number of aliphatic hydroxyl groups is 3. The van der Waals surface area contributed by atoms with E-state index >= 15 is 0 Å². The average Bonchev–Trinajstić information content (AvgIpc) is 2.80. The molecule has 0 spiro atoms. The number of carbonyl (C=O) groups is 1. The van der Waals surface area contributed by atoms with Crippen LogP contribution in [0, 0.1) is 0 Å². The molecule has 0 saturated carbocycles. The molecular weight excluding hydrogens is 242 g/mol. The number of aliphatic hydroxyl groups excluding tert-OH is 2. The standard InChI is InChI=1S/C11H19NO6/c1-6-8(13)9(14)11(17,18-6)5-12-4-2-3-7(12)10(15)16/h6-9,13-14,17H,2-5H2,1H3,(H,15,16)/t6-,7-,8-,9+,11+/m0/s1. The van der Waals surface area contributed by atoms with Gasteiger partial charge in [-0.2, -0.15) is 0 Å². The molecule has 2 rings (SSSR count). The lowest BCUT2D eigenvalue weighted by Gasteiger charge is -2.32. The van der Waals surface area contributed by atoms with Gasteiger partial charge >= 0.3 is 5.97 Å². The van der Waals surface area contributed by atoms with Crippen molar-refractivity contribution in [3.05, 3.63) is 0 Å². The summed E-state index contributed by atoms with van der Waals surface area (Å²) >= 11 is 0. The van der Waals surface area contributed by atoms with Gasteiger partial charge in [-0.3, -0.25) is 9.69 Å². The molecule has 0 aromatic carbocycles. The minimum absolute atomic E-state index is 0.119. The van der Waals surface area contributed by atoms with E-state index in [0.717, 1.165) is 6.42 Å². The molecule has 104 valence electrons. The molecule has 0 aromatic rings. The number of aliphatic carboxylic acids is 1. The Morgan fingerprint density at radius 3 is 2.67 bits per heavy atom. The molecule has 0 radical (unpaired) electrons. The van der Waals surface area contributed by atoms with Crippen molar-refractivity contribution in [2.45, 2.75) is 49.9 Å². The van der Waals surface area contributed by atoms with E-state index in [4.69, 9.17) is 9.84 Å². The maximum atomic E-state index is 11.0. The zero-order valence-corrected chi connectivity index (χ0v) is 10.2. The third kappa shape index (κ3) is 2.24. The number of ether oxygens (including phenoxy) is 1. The average molecular weight is 261 g/mol. The number of hydrogen-bond acceptors (Lipinski definition) is 6. The van der Waals surface area contributed by atoms with E-state index in [2.05, 4.69) is 0 Å². The number of β-amino-alcohol motifs (C(OH)–C–C–N with tert-alkyl or cyclic N) is 1. The Bertz CT molecular complexity index is 337. The van der Waals surface area contributed by atoms with E-state index in [1.807, 2.05) is 0 Å². The summed E-state index contributed by atoms with van der Waals surface area (Å²) in [4.78, 5) is 12.6. The zero-order valence-electron chi connectivity index (χ0n) is 10.2. The van der Waals surface area contributed by atoms with Gasteiger partial charge in [0, 0.05) is 0 Å². The van der Waals surface area contributed by atoms with Crippen molar-refractivity contribution in [3.63, 3.8) is 0 Å². The number of rotatable bonds is 3. The third-order valence-electron chi connectivity index (χ3n) is 3.73. The highest BCUT2D eigenvalue weighted by atomic mass is 16.7. The quantitative estimate of drug-likeness (QED) is 0.482. The molecule has 0 bridgehead atoms. The van der Waals surface area contributed by atoms with Crippen molar-refractivity contribution < 1.29 is 30.0 Å². The van der Waals surface area contributed by atoms with Crippen molar-refractivity contribution in [2.75, 3.05) is 13.1 Å². The maximum Gasteiger partial charge on any atom is 0.320 e. The predicted octanol–water partition coefficient (Wildman–Crippen LogP) is -1.64. The second kappa shape index (κ2) is 4.75. The highest BCUT2D eigenvalue weighted by Gasteiger charge is 2.53. The van der Waals surface area contributed by atoms with Gasteiger partial charge in [0.2, 0.25) is 5.79 Å². The van der Waals surface area contributed by atoms with Gasteiger partial charge in [0.25, 0.3) is 0 Å². The van der Waals surface area contributed by atoms with Crippen LogP contribution in [0.5, 0.6) is 0 Å².